The van der Waals surface area contributed by atoms with Crippen molar-refractivity contribution in [1.29, 1.82) is 0 Å². The first kappa shape index (κ1) is 20.3. The van der Waals surface area contributed by atoms with Crippen LogP contribution in [0.3, 0.4) is 0 Å². The molecule has 0 radical (unpaired) electrons. The van der Waals surface area contributed by atoms with E-state index in [1.807, 2.05) is 43.0 Å². The van der Waals surface area contributed by atoms with Crippen molar-refractivity contribution >= 4 is 17.7 Å². The number of nitrogen functional groups attached to an aromatic ring is 1. The number of hydrogen-bond acceptors (Lipinski definition) is 6. The molecule has 0 unspecified atom stereocenters. The van der Waals surface area contributed by atoms with Crippen LogP contribution in [0, 0.1) is 13.8 Å². The molecule has 1 amide bonds. The van der Waals surface area contributed by atoms with Crippen LogP contribution in [0.2, 0.25) is 0 Å². The third kappa shape index (κ3) is 4.59. The number of aromatic nitrogens is 3. The van der Waals surface area contributed by atoms with E-state index in [9.17, 15) is 4.79 Å². The van der Waals surface area contributed by atoms with Gasteiger partial charge in [0.25, 0.3) is 0 Å². The first-order valence-electron chi connectivity index (χ1n) is 9.87. The molecular formula is C22H25N5O2S. The minimum atomic E-state index is 0.0746. The molecule has 0 saturated heterocycles. The van der Waals surface area contributed by atoms with E-state index in [1.165, 1.54) is 27.6 Å². The highest BCUT2D eigenvalue weighted by atomic mass is 32.2. The van der Waals surface area contributed by atoms with E-state index >= 15 is 0 Å². The van der Waals surface area contributed by atoms with Crippen LogP contribution in [0.4, 0.5) is 0 Å². The number of nitrogens with two attached hydrogens (primary N) is 1. The van der Waals surface area contributed by atoms with Crippen molar-refractivity contribution < 1.29 is 9.53 Å². The number of fused-ring (bicyclic) bond motifs is 1. The normalized spacial score (nSPS) is 13.2. The zero-order chi connectivity index (χ0) is 21.1. The van der Waals surface area contributed by atoms with Gasteiger partial charge in [0.15, 0.2) is 5.82 Å². The maximum Gasteiger partial charge on any atom is 0.233 e. The van der Waals surface area contributed by atoms with Gasteiger partial charge in [0, 0.05) is 13.1 Å². The average molecular weight is 424 g/mol. The van der Waals surface area contributed by atoms with Crippen molar-refractivity contribution in [3.63, 3.8) is 0 Å². The first-order valence-corrected chi connectivity index (χ1v) is 10.9. The summed E-state index contributed by atoms with van der Waals surface area (Å²) in [6.45, 7) is 5.65. The molecule has 0 bridgehead atoms. The molecule has 0 fully saturated rings. The van der Waals surface area contributed by atoms with Crippen molar-refractivity contribution in [2.24, 2.45) is 0 Å². The Morgan fingerprint density at radius 2 is 1.87 bits per heavy atom. The standard InChI is InChI=1S/C22H25N5O2S/c1-15-9-16(2)11-19(10-15)29-13-20-24-25-22(27(20)23)30-14-21(28)26-8-7-17-5-3-4-6-18(17)12-26/h3-6,9-11H,7-8,12-14,23H2,1-2H3. The van der Waals surface area contributed by atoms with Gasteiger partial charge in [-0.3, -0.25) is 4.79 Å². The second-order valence-corrected chi connectivity index (χ2v) is 8.45. The van der Waals surface area contributed by atoms with E-state index in [0.717, 1.165) is 29.8 Å². The van der Waals surface area contributed by atoms with Crippen molar-refractivity contribution in [3.05, 3.63) is 70.5 Å². The number of nitrogens with zero attached hydrogens (tertiary/aromatic N) is 4. The van der Waals surface area contributed by atoms with Gasteiger partial charge in [0.1, 0.15) is 12.4 Å². The summed E-state index contributed by atoms with van der Waals surface area (Å²) in [5.74, 6) is 7.75. The topological polar surface area (TPSA) is 86.3 Å². The lowest BCUT2D eigenvalue weighted by atomic mass is 10.00. The number of amides is 1. The molecule has 2 aromatic carbocycles. The molecule has 0 atom stereocenters. The third-order valence-corrected chi connectivity index (χ3v) is 6.03. The lowest BCUT2D eigenvalue weighted by Crippen LogP contribution is -2.37. The summed E-state index contributed by atoms with van der Waals surface area (Å²) in [6.07, 6.45) is 0.888. The minimum absolute atomic E-state index is 0.0746. The second-order valence-electron chi connectivity index (χ2n) is 7.50. The average Bonchev–Trinajstić information content (AvgIpc) is 3.09. The van der Waals surface area contributed by atoms with Crippen molar-refractivity contribution in [2.45, 2.75) is 38.6 Å². The van der Waals surface area contributed by atoms with Gasteiger partial charge in [-0.25, -0.2) is 4.68 Å². The van der Waals surface area contributed by atoms with Crippen LogP contribution in [0.5, 0.6) is 5.75 Å². The third-order valence-electron chi connectivity index (χ3n) is 5.11. The van der Waals surface area contributed by atoms with Gasteiger partial charge < -0.3 is 15.5 Å². The van der Waals surface area contributed by atoms with Gasteiger partial charge in [0.2, 0.25) is 11.1 Å². The smallest absolute Gasteiger partial charge is 0.233 e. The number of hydrogen-bond donors (Lipinski definition) is 1. The lowest BCUT2D eigenvalue weighted by molar-refractivity contribution is -0.129. The fraction of sp³-hybridized carbons (Fsp3) is 0.318. The SMILES string of the molecule is Cc1cc(C)cc(OCc2nnc(SCC(=O)N3CCc4ccccc4C3)n2N)c1. The van der Waals surface area contributed by atoms with Crippen LogP contribution < -0.4 is 10.6 Å². The predicted octanol–water partition coefficient (Wildman–Crippen LogP) is 2.86. The van der Waals surface area contributed by atoms with Crippen LogP contribution in [0.25, 0.3) is 0 Å². The van der Waals surface area contributed by atoms with Gasteiger partial charge in [-0.1, -0.05) is 42.1 Å². The number of carbonyl (C=O) groups is 1. The van der Waals surface area contributed by atoms with E-state index in [4.69, 9.17) is 10.6 Å². The van der Waals surface area contributed by atoms with Gasteiger partial charge in [-0.05, 0) is 54.7 Å². The van der Waals surface area contributed by atoms with Crippen LogP contribution in [0.1, 0.15) is 28.1 Å². The maximum absolute atomic E-state index is 12.7. The highest BCUT2D eigenvalue weighted by molar-refractivity contribution is 7.99. The van der Waals surface area contributed by atoms with Crippen LogP contribution >= 0.6 is 11.8 Å². The summed E-state index contributed by atoms with van der Waals surface area (Å²) in [6, 6.07) is 14.3. The number of rotatable bonds is 6. The zero-order valence-electron chi connectivity index (χ0n) is 17.2. The largest absolute Gasteiger partial charge is 0.486 e. The molecule has 1 aromatic heterocycles. The number of aryl methyl sites for hydroxylation is 2. The Kier molecular flexibility index (Phi) is 5.94. The molecule has 30 heavy (non-hydrogen) atoms. The zero-order valence-corrected chi connectivity index (χ0v) is 18.0. The van der Waals surface area contributed by atoms with Gasteiger partial charge in [0.05, 0.1) is 5.75 Å². The molecule has 0 aliphatic carbocycles. The molecular weight excluding hydrogens is 398 g/mol. The number of thioether (sulfide) groups is 1. The lowest BCUT2D eigenvalue weighted by Gasteiger charge is -2.28. The van der Waals surface area contributed by atoms with Gasteiger partial charge in [-0.2, -0.15) is 0 Å². The van der Waals surface area contributed by atoms with Crippen LogP contribution in [0.15, 0.2) is 47.6 Å². The van der Waals surface area contributed by atoms with E-state index in [1.54, 1.807) is 0 Å². The van der Waals surface area contributed by atoms with Crippen molar-refractivity contribution in [1.82, 2.24) is 19.8 Å². The van der Waals surface area contributed by atoms with Gasteiger partial charge >= 0.3 is 0 Å². The molecule has 2 heterocycles. The predicted molar refractivity (Wildman–Crippen MR) is 117 cm³/mol. The molecule has 4 rings (SSSR count). The van der Waals surface area contributed by atoms with E-state index in [0.29, 0.717) is 17.5 Å². The first-order chi connectivity index (χ1) is 14.5. The highest BCUT2D eigenvalue weighted by Crippen LogP contribution is 2.22. The van der Waals surface area contributed by atoms with E-state index in [2.05, 4.69) is 28.4 Å². The Bertz CT molecular complexity index is 1050. The summed E-state index contributed by atoms with van der Waals surface area (Å²) < 4.78 is 7.21. The molecule has 1 aliphatic heterocycles. The Hall–Kier alpha value is -3.00. The Morgan fingerprint density at radius 3 is 2.63 bits per heavy atom. The van der Waals surface area contributed by atoms with E-state index < -0.39 is 0 Å². The quantitative estimate of drug-likeness (QED) is 0.485. The Labute approximate surface area is 180 Å². The fourth-order valence-electron chi connectivity index (χ4n) is 3.59. The highest BCUT2D eigenvalue weighted by Gasteiger charge is 2.21. The molecule has 2 N–H and O–H groups in total. The molecule has 0 spiro atoms. The Balaban J connectivity index is 1.32. The Morgan fingerprint density at radius 1 is 1.13 bits per heavy atom. The summed E-state index contributed by atoms with van der Waals surface area (Å²) >= 11 is 1.30. The number of carbonyl (C=O) groups excluding carboxylic acids is 1. The van der Waals surface area contributed by atoms with Crippen molar-refractivity contribution in [2.75, 3.05) is 18.1 Å². The van der Waals surface area contributed by atoms with Crippen LogP contribution in [-0.2, 0) is 24.4 Å². The van der Waals surface area contributed by atoms with Crippen LogP contribution in [-0.4, -0.2) is 38.0 Å². The summed E-state index contributed by atoms with van der Waals surface area (Å²) in [7, 11) is 0. The summed E-state index contributed by atoms with van der Waals surface area (Å²) in [5, 5.41) is 8.73. The number of benzene rings is 2. The fourth-order valence-corrected chi connectivity index (χ4v) is 4.37. The number of ether oxygens (including phenoxy) is 1. The van der Waals surface area contributed by atoms with Gasteiger partial charge in [-0.15, -0.1) is 10.2 Å². The maximum atomic E-state index is 12.7. The second kappa shape index (κ2) is 8.79. The molecule has 156 valence electrons. The molecule has 7 nitrogen and oxygen atoms in total. The molecule has 1 aliphatic rings. The molecule has 8 heteroatoms. The minimum Gasteiger partial charge on any atom is -0.486 e. The molecule has 3 aromatic rings. The summed E-state index contributed by atoms with van der Waals surface area (Å²) in [5.41, 5.74) is 4.81. The molecule has 0 saturated carbocycles. The van der Waals surface area contributed by atoms with Crippen molar-refractivity contribution in [3.8, 4) is 5.75 Å². The summed E-state index contributed by atoms with van der Waals surface area (Å²) in [4.78, 5) is 14.5. The van der Waals surface area contributed by atoms with E-state index in [-0.39, 0.29) is 18.3 Å². The monoisotopic (exact) mass is 423 g/mol.